The van der Waals surface area contributed by atoms with Crippen LogP contribution in [0.2, 0.25) is 0 Å². The van der Waals surface area contributed by atoms with E-state index in [0.29, 0.717) is 11.9 Å². The minimum absolute atomic E-state index is 0.0972. The van der Waals surface area contributed by atoms with E-state index in [4.69, 9.17) is 4.42 Å². The number of furan rings is 1. The summed E-state index contributed by atoms with van der Waals surface area (Å²) >= 11 is 0. The molecule has 0 radical (unpaired) electrons. The molecule has 0 spiro atoms. The molecular weight excluding hydrogens is 357 g/mol. The third-order valence-electron chi connectivity index (χ3n) is 5.61. The first kappa shape index (κ1) is 18.3. The Morgan fingerprint density at radius 2 is 1.85 bits per heavy atom. The van der Waals surface area contributed by atoms with Crippen LogP contribution in [0.15, 0.2) is 28.7 Å². The molecule has 1 aromatic heterocycles. The number of alkyl halides is 3. The maximum atomic E-state index is 12.9. The number of nitrogens with zero attached hydrogens (tertiary/aromatic N) is 2. The van der Waals surface area contributed by atoms with Crippen molar-refractivity contribution in [1.82, 2.24) is 9.80 Å². The maximum Gasteiger partial charge on any atom is 0.416 e. The lowest BCUT2D eigenvalue weighted by Gasteiger charge is -2.32. The lowest BCUT2D eigenvalue weighted by atomic mass is 10.1. The molecule has 4 nitrogen and oxygen atoms in total. The Bertz CT molecular complexity index is 824. The van der Waals surface area contributed by atoms with E-state index in [9.17, 15) is 18.0 Å². The number of amides is 1. The Labute approximate surface area is 155 Å². The number of carbonyl (C=O) groups is 1. The number of halogens is 3. The summed E-state index contributed by atoms with van der Waals surface area (Å²) in [6.07, 6.45) is 1.14. The molecule has 27 heavy (non-hydrogen) atoms. The lowest BCUT2D eigenvalue weighted by Crippen LogP contribution is -2.44. The first-order chi connectivity index (χ1) is 12.9. The maximum absolute atomic E-state index is 12.9. The molecule has 2 fully saturated rings. The average Bonchev–Trinajstić information content (AvgIpc) is 3.27. The van der Waals surface area contributed by atoms with Crippen LogP contribution in [0.4, 0.5) is 13.2 Å². The minimum Gasteiger partial charge on any atom is -0.451 e. The van der Waals surface area contributed by atoms with Crippen molar-refractivity contribution < 1.29 is 22.4 Å². The molecule has 146 valence electrons. The molecule has 3 heterocycles. The van der Waals surface area contributed by atoms with E-state index in [2.05, 4.69) is 4.90 Å². The smallest absolute Gasteiger partial charge is 0.416 e. The van der Waals surface area contributed by atoms with Crippen LogP contribution >= 0.6 is 0 Å². The second kappa shape index (κ2) is 7.19. The zero-order valence-electron chi connectivity index (χ0n) is 15.1. The van der Waals surface area contributed by atoms with Gasteiger partial charge < -0.3 is 14.2 Å². The molecule has 2 aliphatic heterocycles. The summed E-state index contributed by atoms with van der Waals surface area (Å²) in [5.74, 6) is -0.103. The summed E-state index contributed by atoms with van der Waals surface area (Å²) in [6.45, 7) is 3.68. The molecule has 2 aromatic rings. The van der Waals surface area contributed by atoms with E-state index >= 15 is 0 Å². The van der Waals surface area contributed by atoms with Gasteiger partial charge >= 0.3 is 6.18 Å². The highest BCUT2D eigenvalue weighted by atomic mass is 19.4. The van der Waals surface area contributed by atoms with Crippen LogP contribution in [-0.4, -0.2) is 47.9 Å². The van der Waals surface area contributed by atoms with Gasteiger partial charge in [-0.15, -0.1) is 0 Å². The van der Waals surface area contributed by atoms with Gasteiger partial charge in [-0.05, 0) is 57.0 Å². The number of likely N-dealkylation sites (tertiary alicyclic amines) is 2. The fourth-order valence-corrected chi connectivity index (χ4v) is 4.19. The van der Waals surface area contributed by atoms with Crippen LogP contribution in [0.1, 0.15) is 48.2 Å². The van der Waals surface area contributed by atoms with Gasteiger partial charge in [0.15, 0.2) is 5.76 Å². The molecule has 0 N–H and O–H groups in total. The Morgan fingerprint density at radius 3 is 2.59 bits per heavy atom. The second-order valence-corrected chi connectivity index (χ2v) is 7.52. The third-order valence-corrected chi connectivity index (χ3v) is 5.61. The monoisotopic (exact) mass is 380 g/mol. The Balaban J connectivity index is 1.52. The summed E-state index contributed by atoms with van der Waals surface area (Å²) in [5, 5.41) is 0.512. The van der Waals surface area contributed by atoms with Crippen LogP contribution < -0.4 is 0 Å². The van der Waals surface area contributed by atoms with Crippen LogP contribution in [0, 0.1) is 0 Å². The highest BCUT2D eigenvalue weighted by molar-refractivity contribution is 5.96. The van der Waals surface area contributed by atoms with Gasteiger partial charge in [0.2, 0.25) is 0 Å². The van der Waals surface area contributed by atoms with Crippen molar-refractivity contribution in [2.45, 2.75) is 44.3 Å². The van der Waals surface area contributed by atoms with Gasteiger partial charge in [0.25, 0.3) is 5.91 Å². The summed E-state index contributed by atoms with van der Waals surface area (Å²) < 4.78 is 44.1. The van der Waals surface area contributed by atoms with Gasteiger partial charge in [0.05, 0.1) is 5.56 Å². The van der Waals surface area contributed by atoms with Crippen molar-refractivity contribution in [1.29, 1.82) is 0 Å². The Kier molecular flexibility index (Phi) is 4.88. The number of carbonyl (C=O) groups excluding carboxylic acids is 1. The normalized spacial score (nSPS) is 21.9. The summed E-state index contributed by atoms with van der Waals surface area (Å²) in [5.41, 5.74) is -0.674. The predicted octanol–water partition coefficient (Wildman–Crippen LogP) is 4.54. The topological polar surface area (TPSA) is 36.7 Å². The molecular formula is C20H23F3N2O2. The van der Waals surface area contributed by atoms with Crippen molar-refractivity contribution in [2.75, 3.05) is 26.2 Å². The molecule has 4 rings (SSSR count). The van der Waals surface area contributed by atoms with Gasteiger partial charge in [-0.25, -0.2) is 0 Å². The largest absolute Gasteiger partial charge is 0.451 e. The van der Waals surface area contributed by atoms with Crippen molar-refractivity contribution in [2.24, 2.45) is 0 Å². The predicted molar refractivity (Wildman–Crippen MR) is 95.6 cm³/mol. The molecule has 0 aliphatic carbocycles. The quantitative estimate of drug-likeness (QED) is 0.784. The summed E-state index contributed by atoms with van der Waals surface area (Å²) in [4.78, 5) is 17.2. The molecule has 2 saturated heterocycles. The molecule has 7 heteroatoms. The van der Waals surface area contributed by atoms with Crippen molar-refractivity contribution in [3.05, 3.63) is 35.6 Å². The molecule has 0 unspecified atom stereocenters. The van der Waals surface area contributed by atoms with Gasteiger partial charge in [-0.3, -0.25) is 4.79 Å². The Hall–Kier alpha value is -2.02. The zero-order chi connectivity index (χ0) is 19.0. The number of fused-ring (bicyclic) bond motifs is 1. The molecule has 0 bridgehead atoms. The number of hydrogen-bond acceptors (Lipinski definition) is 3. The zero-order valence-corrected chi connectivity index (χ0v) is 15.1. The second-order valence-electron chi connectivity index (χ2n) is 7.52. The average molecular weight is 380 g/mol. The molecule has 2 aliphatic rings. The molecule has 0 saturated carbocycles. The van der Waals surface area contributed by atoms with Gasteiger partial charge in [-0.1, -0.05) is 12.5 Å². The van der Waals surface area contributed by atoms with Crippen LogP contribution in [0.5, 0.6) is 0 Å². The first-order valence-corrected chi connectivity index (χ1v) is 9.56. The van der Waals surface area contributed by atoms with Crippen molar-refractivity contribution in [3.63, 3.8) is 0 Å². The summed E-state index contributed by atoms with van der Waals surface area (Å²) in [6, 6.07) is 5.03. The highest BCUT2D eigenvalue weighted by Gasteiger charge is 2.34. The molecule has 1 aromatic carbocycles. The number of piperidine rings is 1. The van der Waals surface area contributed by atoms with E-state index in [0.717, 1.165) is 44.6 Å². The van der Waals surface area contributed by atoms with Gasteiger partial charge in [0.1, 0.15) is 5.58 Å². The standard InChI is InChI=1S/C20H23F3N2O2/c21-20(22,23)15-7-6-14-11-18(27-17(14)12-15)19(26)25-10-4-5-16(25)13-24-8-2-1-3-9-24/h6-7,11-12,16H,1-5,8-10,13H2/t16-/m0/s1. The third kappa shape index (κ3) is 3.83. The van der Waals surface area contributed by atoms with Gasteiger partial charge in [-0.2, -0.15) is 13.2 Å². The number of hydrogen-bond donors (Lipinski definition) is 0. The molecule has 1 amide bonds. The van der Waals surface area contributed by atoms with E-state index in [-0.39, 0.29) is 23.3 Å². The van der Waals surface area contributed by atoms with Crippen molar-refractivity contribution in [3.8, 4) is 0 Å². The van der Waals surface area contributed by atoms with Crippen molar-refractivity contribution >= 4 is 16.9 Å². The first-order valence-electron chi connectivity index (χ1n) is 9.56. The van der Waals surface area contributed by atoms with E-state index < -0.39 is 11.7 Å². The highest BCUT2D eigenvalue weighted by Crippen LogP contribution is 2.33. The van der Waals surface area contributed by atoms with Gasteiger partial charge in [0, 0.05) is 24.5 Å². The van der Waals surface area contributed by atoms with Crippen LogP contribution in [0.3, 0.4) is 0 Å². The number of benzene rings is 1. The van der Waals surface area contributed by atoms with Crippen LogP contribution in [0.25, 0.3) is 11.0 Å². The number of rotatable bonds is 3. The Morgan fingerprint density at radius 1 is 1.07 bits per heavy atom. The van der Waals surface area contributed by atoms with Crippen LogP contribution in [-0.2, 0) is 6.18 Å². The minimum atomic E-state index is -4.43. The summed E-state index contributed by atoms with van der Waals surface area (Å²) in [7, 11) is 0. The van der Waals surface area contributed by atoms with E-state index in [1.165, 1.54) is 25.3 Å². The lowest BCUT2D eigenvalue weighted by molar-refractivity contribution is -0.137. The fraction of sp³-hybridized carbons (Fsp3) is 0.550. The molecule has 1 atom stereocenters. The fourth-order valence-electron chi connectivity index (χ4n) is 4.19. The van der Waals surface area contributed by atoms with E-state index in [1.807, 2.05) is 4.90 Å². The van der Waals surface area contributed by atoms with E-state index in [1.54, 1.807) is 6.07 Å². The SMILES string of the molecule is O=C(c1cc2ccc(C(F)(F)F)cc2o1)N1CCC[C@H]1CN1CCCCC1.